The van der Waals surface area contributed by atoms with E-state index in [1.165, 1.54) is 4.90 Å². The SMILES string of the molecule is Nc1ccc2c(c1)C(=O)N(CC1CCOCC1)C2=O. The van der Waals surface area contributed by atoms with Gasteiger partial charge in [-0.05, 0) is 37.0 Å². The third-order valence-corrected chi connectivity index (χ3v) is 3.78. The summed E-state index contributed by atoms with van der Waals surface area (Å²) >= 11 is 0. The molecule has 19 heavy (non-hydrogen) atoms. The van der Waals surface area contributed by atoms with Crippen LogP contribution in [0.15, 0.2) is 18.2 Å². The molecular weight excluding hydrogens is 244 g/mol. The van der Waals surface area contributed by atoms with E-state index in [-0.39, 0.29) is 11.8 Å². The van der Waals surface area contributed by atoms with Crippen molar-refractivity contribution in [3.63, 3.8) is 0 Å². The van der Waals surface area contributed by atoms with E-state index in [1.54, 1.807) is 18.2 Å². The molecule has 3 rings (SSSR count). The molecule has 0 unspecified atom stereocenters. The van der Waals surface area contributed by atoms with E-state index in [4.69, 9.17) is 10.5 Å². The van der Waals surface area contributed by atoms with Crippen molar-refractivity contribution in [2.45, 2.75) is 12.8 Å². The number of hydrogen-bond donors (Lipinski definition) is 1. The lowest BCUT2D eigenvalue weighted by Crippen LogP contribution is -2.36. The molecule has 100 valence electrons. The lowest BCUT2D eigenvalue weighted by Gasteiger charge is -2.25. The molecule has 0 saturated carbocycles. The van der Waals surface area contributed by atoms with Crippen LogP contribution in [0.2, 0.25) is 0 Å². The second-order valence-electron chi connectivity index (χ2n) is 5.08. The number of amides is 2. The number of carbonyl (C=O) groups excluding carboxylic acids is 2. The molecule has 0 aliphatic carbocycles. The summed E-state index contributed by atoms with van der Waals surface area (Å²) in [7, 11) is 0. The predicted molar refractivity (Wildman–Crippen MR) is 69.8 cm³/mol. The van der Waals surface area contributed by atoms with Crippen LogP contribution in [0, 0.1) is 5.92 Å². The molecule has 1 aromatic carbocycles. The van der Waals surface area contributed by atoms with Gasteiger partial charge in [0.15, 0.2) is 0 Å². The molecule has 2 heterocycles. The van der Waals surface area contributed by atoms with Crippen molar-refractivity contribution in [3.8, 4) is 0 Å². The van der Waals surface area contributed by atoms with Gasteiger partial charge >= 0.3 is 0 Å². The van der Waals surface area contributed by atoms with Crippen LogP contribution in [-0.2, 0) is 4.74 Å². The number of nitrogens with two attached hydrogens (primary N) is 1. The fourth-order valence-corrected chi connectivity index (χ4v) is 2.66. The summed E-state index contributed by atoms with van der Waals surface area (Å²) < 4.78 is 5.29. The van der Waals surface area contributed by atoms with Crippen LogP contribution in [0.3, 0.4) is 0 Å². The van der Waals surface area contributed by atoms with Crippen LogP contribution in [0.25, 0.3) is 0 Å². The average Bonchev–Trinajstić information content (AvgIpc) is 2.65. The van der Waals surface area contributed by atoms with E-state index in [0.29, 0.717) is 42.5 Å². The molecule has 0 aromatic heterocycles. The number of nitrogen functional groups attached to an aromatic ring is 1. The number of nitrogens with zero attached hydrogens (tertiary/aromatic N) is 1. The van der Waals surface area contributed by atoms with Gasteiger partial charge in [0.1, 0.15) is 0 Å². The zero-order valence-electron chi connectivity index (χ0n) is 10.6. The summed E-state index contributed by atoms with van der Waals surface area (Å²) in [6.07, 6.45) is 1.80. The van der Waals surface area contributed by atoms with Gasteiger partial charge in [0.25, 0.3) is 11.8 Å². The fourth-order valence-electron chi connectivity index (χ4n) is 2.66. The van der Waals surface area contributed by atoms with Crippen molar-refractivity contribution in [1.82, 2.24) is 4.90 Å². The highest BCUT2D eigenvalue weighted by Crippen LogP contribution is 2.27. The van der Waals surface area contributed by atoms with Crippen molar-refractivity contribution in [3.05, 3.63) is 29.3 Å². The zero-order valence-corrected chi connectivity index (χ0v) is 10.6. The van der Waals surface area contributed by atoms with Crippen LogP contribution in [-0.4, -0.2) is 36.5 Å². The summed E-state index contributed by atoms with van der Waals surface area (Å²) in [5.74, 6) is -0.0846. The molecule has 2 aliphatic heterocycles. The number of fused-ring (bicyclic) bond motifs is 1. The molecule has 2 aliphatic rings. The van der Waals surface area contributed by atoms with E-state index in [2.05, 4.69) is 0 Å². The summed E-state index contributed by atoms with van der Waals surface area (Å²) in [5.41, 5.74) is 7.07. The fraction of sp³-hybridized carbons (Fsp3) is 0.429. The minimum absolute atomic E-state index is 0.202. The molecule has 0 bridgehead atoms. The summed E-state index contributed by atoms with van der Waals surface area (Å²) in [4.78, 5) is 25.8. The first-order valence-electron chi connectivity index (χ1n) is 6.50. The smallest absolute Gasteiger partial charge is 0.261 e. The number of benzene rings is 1. The molecule has 0 spiro atoms. The first kappa shape index (κ1) is 12.2. The van der Waals surface area contributed by atoms with Gasteiger partial charge in [-0.3, -0.25) is 14.5 Å². The highest BCUT2D eigenvalue weighted by Gasteiger charge is 2.36. The van der Waals surface area contributed by atoms with Crippen molar-refractivity contribution < 1.29 is 14.3 Å². The molecule has 5 nitrogen and oxygen atoms in total. The normalized spacial score (nSPS) is 19.9. The zero-order chi connectivity index (χ0) is 13.4. The predicted octanol–water partition coefficient (Wildman–Crippen LogP) is 1.29. The molecule has 0 radical (unpaired) electrons. The maximum atomic E-state index is 12.3. The Morgan fingerprint density at radius 2 is 1.84 bits per heavy atom. The van der Waals surface area contributed by atoms with Gasteiger partial charge in [-0.1, -0.05) is 0 Å². The second kappa shape index (κ2) is 4.66. The summed E-state index contributed by atoms with van der Waals surface area (Å²) in [5, 5.41) is 0. The minimum atomic E-state index is -0.223. The molecular formula is C14H16N2O3. The van der Waals surface area contributed by atoms with Gasteiger partial charge in [-0.15, -0.1) is 0 Å². The molecule has 5 heteroatoms. The molecule has 2 N–H and O–H groups in total. The van der Waals surface area contributed by atoms with Gasteiger partial charge < -0.3 is 10.5 Å². The molecule has 1 saturated heterocycles. The average molecular weight is 260 g/mol. The largest absolute Gasteiger partial charge is 0.399 e. The van der Waals surface area contributed by atoms with Crippen molar-refractivity contribution in [2.24, 2.45) is 5.92 Å². The third-order valence-electron chi connectivity index (χ3n) is 3.78. The van der Waals surface area contributed by atoms with Crippen molar-refractivity contribution in [2.75, 3.05) is 25.5 Å². The quantitative estimate of drug-likeness (QED) is 0.642. The van der Waals surface area contributed by atoms with Gasteiger partial charge in [0, 0.05) is 25.4 Å². The van der Waals surface area contributed by atoms with Crippen LogP contribution in [0.4, 0.5) is 5.69 Å². The van der Waals surface area contributed by atoms with E-state index < -0.39 is 0 Å². The Kier molecular flexibility index (Phi) is 2.98. The summed E-state index contributed by atoms with van der Waals surface area (Å²) in [6, 6.07) is 4.87. The lowest BCUT2D eigenvalue weighted by atomic mass is 10.00. The van der Waals surface area contributed by atoms with Gasteiger partial charge in [0.05, 0.1) is 11.1 Å². The van der Waals surface area contributed by atoms with Gasteiger partial charge in [0.2, 0.25) is 0 Å². The maximum absolute atomic E-state index is 12.3. The standard InChI is InChI=1S/C14H16N2O3/c15-10-1-2-11-12(7-10)14(18)16(13(11)17)8-9-3-5-19-6-4-9/h1-2,7,9H,3-6,8,15H2. The van der Waals surface area contributed by atoms with E-state index >= 15 is 0 Å². The molecule has 1 aromatic rings. The molecule has 0 atom stereocenters. The Hall–Kier alpha value is -1.88. The summed E-state index contributed by atoms with van der Waals surface area (Å²) in [6.45, 7) is 1.90. The maximum Gasteiger partial charge on any atom is 0.261 e. The lowest BCUT2D eigenvalue weighted by molar-refractivity contribution is 0.0433. The van der Waals surface area contributed by atoms with Crippen LogP contribution in [0.5, 0.6) is 0 Å². The van der Waals surface area contributed by atoms with E-state index in [1.807, 2.05) is 0 Å². The third kappa shape index (κ3) is 2.10. The Morgan fingerprint density at radius 1 is 1.16 bits per heavy atom. The van der Waals surface area contributed by atoms with Crippen LogP contribution < -0.4 is 5.73 Å². The molecule has 1 fully saturated rings. The van der Waals surface area contributed by atoms with Crippen molar-refractivity contribution in [1.29, 1.82) is 0 Å². The second-order valence-corrected chi connectivity index (χ2v) is 5.08. The monoisotopic (exact) mass is 260 g/mol. The van der Waals surface area contributed by atoms with Crippen molar-refractivity contribution >= 4 is 17.5 Å². The number of rotatable bonds is 2. The Bertz CT molecular complexity index is 535. The van der Waals surface area contributed by atoms with Gasteiger partial charge in [-0.2, -0.15) is 0 Å². The minimum Gasteiger partial charge on any atom is -0.399 e. The van der Waals surface area contributed by atoms with Crippen LogP contribution >= 0.6 is 0 Å². The topological polar surface area (TPSA) is 72.6 Å². The Labute approximate surface area is 111 Å². The Morgan fingerprint density at radius 3 is 2.58 bits per heavy atom. The van der Waals surface area contributed by atoms with E-state index in [9.17, 15) is 9.59 Å². The number of carbonyl (C=O) groups is 2. The number of hydrogen-bond acceptors (Lipinski definition) is 4. The number of imide groups is 1. The molecule has 2 amide bonds. The number of anilines is 1. The first-order valence-corrected chi connectivity index (χ1v) is 6.50. The highest BCUT2D eigenvalue weighted by molar-refractivity contribution is 6.21. The highest BCUT2D eigenvalue weighted by atomic mass is 16.5. The Balaban J connectivity index is 1.81. The number of ether oxygens (including phenoxy) is 1. The first-order chi connectivity index (χ1) is 9.16. The van der Waals surface area contributed by atoms with E-state index in [0.717, 1.165) is 12.8 Å². The van der Waals surface area contributed by atoms with Gasteiger partial charge in [-0.25, -0.2) is 0 Å². The van der Waals surface area contributed by atoms with Crippen LogP contribution in [0.1, 0.15) is 33.6 Å².